The molecule has 0 spiro atoms. The van der Waals surface area contributed by atoms with E-state index in [0.717, 1.165) is 0 Å². The number of fused-ring (bicyclic) bond motifs is 1. The SMILES string of the molecule is CC(C)c1nc2c(N)c(C(=O)O)[nH]n2n1. The van der Waals surface area contributed by atoms with Crippen molar-refractivity contribution >= 4 is 17.3 Å². The van der Waals surface area contributed by atoms with E-state index in [-0.39, 0.29) is 17.3 Å². The van der Waals surface area contributed by atoms with Gasteiger partial charge in [0.15, 0.2) is 17.2 Å². The number of anilines is 1. The number of nitrogens with two attached hydrogens (primary N) is 1. The summed E-state index contributed by atoms with van der Waals surface area (Å²) in [4.78, 5) is 14.9. The summed E-state index contributed by atoms with van der Waals surface area (Å²) in [7, 11) is 0. The number of rotatable bonds is 2. The fourth-order valence-electron chi connectivity index (χ4n) is 1.27. The minimum Gasteiger partial charge on any atom is -0.476 e. The molecule has 0 bridgehead atoms. The predicted molar refractivity (Wildman–Crippen MR) is 52.8 cm³/mol. The van der Waals surface area contributed by atoms with Crippen LogP contribution in [0.4, 0.5) is 5.69 Å². The minimum absolute atomic E-state index is 0.0830. The molecule has 0 saturated heterocycles. The van der Waals surface area contributed by atoms with Crippen LogP contribution < -0.4 is 5.73 Å². The number of hydrogen-bond acceptors (Lipinski definition) is 4. The molecule has 2 rings (SSSR count). The van der Waals surface area contributed by atoms with Gasteiger partial charge in [-0.2, -0.15) is 4.63 Å². The first kappa shape index (κ1) is 9.50. The first-order chi connectivity index (χ1) is 7.00. The van der Waals surface area contributed by atoms with E-state index in [2.05, 4.69) is 15.2 Å². The van der Waals surface area contributed by atoms with Crippen LogP contribution in [0.15, 0.2) is 0 Å². The molecule has 2 aromatic rings. The quantitative estimate of drug-likeness (QED) is 0.665. The zero-order chi connectivity index (χ0) is 11.2. The number of carboxylic acids is 1. The zero-order valence-corrected chi connectivity index (χ0v) is 8.35. The Morgan fingerprint density at radius 3 is 2.73 bits per heavy atom. The van der Waals surface area contributed by atoms with Crippen molar-refractivity contribution in [1.29, 1.82) is 0 Å². The van der Waals surface area contributed by atoms with Crippen molar-refractivity contribution in [2.75, 3.05) is 5.73 Å². The topological polar surface area (TPSA) is 109 Å². The Balaban J connectivity index is 2.62. The zero-order valence-electron chi connectivity index (χ0n) is 8.35. The van der Waals surface area contributed by atoms with Gasteiger partial charge < -0.3 is 10.8 Å². The second kappa shape index (κ2) is 2.97. The van der Waals surface area contributed by atoms with Crippen LogP contribution in [-0.2, 0) is 0 Å². The van der Waals surface area contributed by atoms with Gasteiger partial charge in [0, 0.05) is 5.92 Å². The maximum absolute atomic E-state index is 10.7. The molecule has 80 valence electrons. The Bertz CT molecular complexity index is 524. The number of nitrogens with zero attached hydrogens (tertiary/aromatic N) is 3. The number of nitrogens with one attached hydrogen (secondary N) is 1. The monoisotopic (exact) mass is 209 g/mol. The summed E-state index contributed by atoms with van der Waals surface area (Å²) in [6, 6.07) is 0. The van der Waals surface area contributed by atoms with E-state index in [9.17, 15) is 4.79 Å². The van der Waals surface area contributed by atoms with E-state index in [1.807, 2.05) is 13.8 Å². The molecule has 0 atom stereocenters. The number of carboxylic acid groups (broad SMARTS) is 1. The van der Waals surface area contributed by atoms with E-state index >= 15 is 0 Å². The van der Waals surface area contributed by atoms with Crippen molar-refractivity contribution in [3.05, 3.63) is 11.5 Å². The Hall–Kier alpha value is -2.05. The van der Waals surface area contributed by atoms with Gasteiger partial charge in [-0.1, -0.05) is 13.8 Å². The molecule has 0 aliphatic carbocycles. The van der Waals surface area contributed by atoms with Crippen LogP contribution in [0, 0.1) is 0 Å². The summed E-state index contributed by atoms with van der Waals surface area (Å²) in [5.41, 5.74) is 6.01. The van der Waals surface area contributed by atoms with Gasteiger partial charge in [0.25, 0.3) is 0 Å². The largest absolute Gasteiger partial charge is 0.476 e. The summed E-state index contributed by atoms with van der Waals surface area (Å²) < 4.78 is 1.29. The summed E-state index contributed by atoms with van der Waals surface area (Å²) in [5, 5.41) is 15.4. The molecule has 0 saturated carbocycles. The third-order valence-corrected chi connectivity index (χ3v) is 2.08. The average Bonchev–Trinajstić information content (AvgIpc) is 2.65. The van der Waals surface area contributed by atoms with Gasteiger partial charge in [0.2, 0.25) is 0 Å². The van der Waals surface area contributed by atoms with Gasteiger partial charge in [-0.05, 0) is 0 Å². The number of aromatic amines is 1. The third-order valence-electron chi connectivity index (χ3n) is 2.08. The predicted octanol–water partition coefficient (Wildman–Crippen LogP) is 0.461. The van der Waals surface area contributed by atoms with E-state index in [1.165, 1.54) is 4.63 Å². The van der Waals surface area contributed by atoms with Gasteiger partial charge in [-0.25, -0.2) is 9.78 Å². The lowest BCUT2D eigenvalue weighted by Crippen LogP contribution is -2.02. The highest BCUT2D eigenvalue weighted by Crippen LogP contribution is 2.18. The van der Waals surface area contributed by atoms with Gasteiger partial charge in [-0.15, -0.1) is 5.10 Å². The Labute approximate surface area is 84.9 Å². The normalized spacial score (nSPS) is 11.4. The van der Waals surface area contributed by atoms with E-state index in [0.29, 0.717) is 11.5 Å². The van der Waals surface area contributed by atoms with E-state index in [4.69, 9.17) is 10.8 Å². The molecule has 2 aromatic heterocycles. The number of nitrogen functional groups attached to an aromatic ring is 1. The van der Waals surface area contributed by atoms with Crippen molar-refractivity contribution < 1.29 is 9.90 Å². The highest BCUT2D eigenvalue weighted by Gasteiger charge is 2.18. The number of aromatic nitrogens is 4. The maximum atomic E-state index is 10.7. The summed E-state index contributed by atoms with van der Waals surface area (Å²) in [5.74, 6) is -0.318. The molecule has 0 aromatic carbocycles. The second-order valence-electron chi connectivity index (χ2n) is 3.57. The summed E-state index contributed by atoms with van der Waals surface area (Å²) in [6.45, 7) is 3.89. The van der Waals surface area contributed by atoms with Crippen molar-refractivity contribution in [3.8, 4) is 0 Å². The number of H-pyrrole nitrogens is 1. The minimum atomic E-state index is -1.12. The number of hydrogen-bond donors (Lipinski definition) is 3. The molecular formula is C8H11N5O2. The first-order valence-electron chi connectivity index (χ1n) is 4.48. The lowest BCUT2D eigenvalue weighted by Gasteiger charge is -1.94. The summed E-state index contributed by atoms with van der Waals surface area (Å²) in [6.07, 6.45) is 0. The molecule has 7 nitrogen and oxygen atoms in total. The lowest BCUT2D eigenvalue weighted by molar-refractivity contribution is 0.0691. The van der Waals surface area contributed by atoms with Crippen molar-refractivity contribution in [3.63, 3.8) is 0 Å². The molecule has 0 unspecified atom stereocenters. The van der Waals surface area contributed by atoms with E-state index in [1.54, 1.807) is 0 Å². The highest BCUT2D eigenvalue weighted by atomic mass is 16.4. The van der Waals surface area contributed by atoms with Crippen LogP contribution in [0.5, 0.6) is 0 Å². The lowest BCUT2D eigenvalue weighted by atomic mass is 10.2. The second-order valence-corrected chi connectivity index (χ2v) is 3.57. The first-order valence-corrected chi connectivity index (χ1v) is 4.48. The van der Waals surface area contributed by atoms with Crippen LogP contribution in [0.2, 0.25) is 0 Å². The molecular weight excluding hydrogens is 198 g/mol. The molecule has 4 N–H and O–H groups in total. The smallest absolute Gasteiger partial charge is 0.356 e. The Kier molecular flexibility index (Phi) is 1.88. The van der Waals surface area contributed by atoms with Crippen LogP contribution in [0.25, 0.3) is 5.65 Å². The van der Waals surface area contributed by atoms with Crippen LogP contribution in [0.1, 0.15) is 36.1 Å². The number of carbonyl (C=O) groups is 1. The van der Waals surface area contributed by atoms with Crippen LogP contribution in [0.3, 0.4) is 0 Å². The molecule has 7 heteroatoms. The molecule has 0 aliphatic heterocycles. The van der Waals surface area contributed by atoms with Gasteiger partial charge in [0.1, 0.15) is 5.69 Å². The van der Waals surface area contributed by atoms with Gasteiger partial charge >= 0.3 is 5.97 Å². The molecule has 0 aliphatic rings. The molecule has 0 fully saturated rings. The van der Waals surface area contributed by atoms with E-state index < -0.39 is 5.97 Å². The highest BCUT2D eigenvalue weighted by molar-refractivity contribution is 5.95. The maximum Gasteiger partial charge on any atom is 0.356 e. The third kappa shape index (κ3) is 1.32. The average molecular weight is 209 g/mol. The Morgan fingerprint density at radius 1 is 1.60 bits per heavy atom. The van der Waals surface area contributed by atoms with Gasteiger partial charge in [-0.3, -0.25) is 5.10 Å². The van der Waals surface area contributed by atoms with Crippen molar-refractivity contribution in [2.45, 2.75) is 19.8 Å². The fourth-order valence-corrected chi connectivity index (χ4v) is 1.27. The molecule has 0 radical (unpaired) electrons. The Morgan fingerprint density at radius 2 is 2.27 bits per heavy atom. The molecule has 0 amide bonds. The fraction of sp³-hybridized carbons (Fsp3) is 0.375. The van der Waals surface area contributed by atoms with Crippen LogP contribution in [-0.4, -0.2) is 30.9 Å². The molecule has 15 heavy (non-hydrogen) atoms. The standard InChI is InChI=1S/C8H11N5O2/c1-3(2)6-10-7-4(9)5(8(14)15)11-13(7)12-6/h3,11H,9H2,1-2H3,(H,14,15). The summed E-state index contributed by atoms with van der Waals surface area (Å²) >= 11 is 0. The van der Waals surface area contributed by atoms with Crippen molar-refractivity contribution in [1.82, 2.24) is 19.8 Å². The van der Waals surface area contributed by atoms with Crippen molar-refractivity contribution in [2.24, 2.45) is 0 Å². The molecule has 2 heterocycles. The van der Waals surface area contributed by atoms with Crippen LogP contribution >= 0.6 is 0 Å². The number of aromatic carboxylic acids is 1. The van der Waals surface area contributed by atoms with Gasteiger partial charge in [0.05, 0.1) is 0 Å².